The van der Waals surface area contributed by atoms with Gasteiger partial charge in [-0.3, -0.25) is 10.1 Å². The second kappa shape index (κ2) is 8.21. The van der Waals surface area contributed by atoms with E-state index in [2.05, 4.69) is 17.2 Å². The summed E-state index contributed by atoms with van der Waals surface area (Å²) in [7, 11) is 0. The molecular formula is C20H18Cl2N2OS. The molecule has 0 saturated heterocycles. The van der Waals surface area contributed by atoms with Gasteiger partial charge in [-0.15, -0.1) is 11.3 Å². The van der Waals surface area contributed by atoms with Crippen molar-refractivity contribution in [3.8, 4) is 11.3 Å². The lowest BCUT2D eigenvalue weighted by Crippen LogP contribution is -2.11. The van der Waals surface area contributed by atoms with E-state index in [1.54, 1.807) is 18.2 Å². The molecule has 26 heavy (non-hydrogen) atoms. The number of benzene rings is 2. The number of anilines is 1. The van der Waals surface area contributed by atoms with Gasteiger partial charge in [0.25, 0.3) is 5.91 Å². The molecule has 0 spiro atoms. The summed E-state index contributed by atoms with van der Waals surface area (Å²) in [6.07, 6.45) is 1.85. The minimum Gasteiger partial charge on any atom is -0.298 e. The van der Waals surface area contributed by atoms with E-state index in [1.807, 2.05) is 31.2 Å². The molecule has 0 aliphatic rings. The Kier molecular flexibility index (Phi) is 5.97. The minimum absolute atomic E-state index is 0.167. The van der Waals surface area contributed by atoms with Crippen LogP contribution in [0.2, 0.25) is 10.0 Å². The molecule has 0 unspecified atom stereocenters. The summed E-state index contributed by atoms with van der Waals surface area (Å²) in [5, 5.41) is 4.61. The molecule has 3 rings (SSSR count). The number of hydrogen-bond donors (Lipinski definition) is 1. The van der Waals surface area contributed by atoms with Crippen LogP contribution in [0.5, 0.6) is 0 Å². The summed E-state index contributed by atoms with van der Waals surface area (Å²) >= 11 is 13.8. The highest BCUT2D eigenvalue weighted by molar-refractivity contribution is 7.16. The summed E-state index contributed by atoms with van der Waals surface area (Å²) in [6, 6.07) is 12.8. The van der Waals surface area contributed by atoms with E-state index in [-0.39, 0.29) is 5.91 Å². The van der Waals surface area contributed by atoms with E-state index in [9.17, 15) is 4.79 Å². The maximum absolute atomic E-state index is 12.5. The van der Waals surface area contributed by atoms with Crippen molar-refractivity contribution in [2.75, 3.05) is 5.32 Å². The SMILES string of the molecule is CCCc1sc(NC(=O)c2cccc(C)c2)nc1-c1ccc(Cl)cc1Cl. The van der Waals surface area contributed by atoms with Crippen molar-refractivity contribution in [1.29, 1.82) is 0 Å². The van der Waals surface area contributed by atoms with Gasteiger partial charge in [0, 0.05) is 21.0 Å². The third-order valence-corrected chi connectivity index (χ3v) is 5.44. The van der Waals surface area contributed by atoms with Gasteiger partial charge in [-0.2, -0.15) is 0 Å². The van der Waals surface area contributed by atoms with Gasteiger partial charge in [0.05, 0.1) is 10.7 Å². The Bertz CT molecular complexity index is 953. The second-order valence-corrected chi connectivity index (χ2v) is 7.92. The van der Waals surface area contributed by atoms with Crippen LogP contribution in [0.1, 0.15) is 34.1 Å². The molecule has 0 bridgehead atoms. The fraction of sp³-hybridized carbons (Fsp3) is 0.200. The number of rotatable bonds is 5. The zero-order chi connectivity index (χ0) is 18.7. The number of amides is 1. The number of nitrogens with one attached hydrogen (secondary N) is 1. The fourth-order valence-electron chi connectivity index (χ4n) is 2.65. The summed E-state index contributed by atoms with van der Waals surface area (Å²) in [5.74, 6) is -0.167. The Labute approximate surface area is 167 Å². The van der Waals surface area contributed by atoms with Gasteiger partial charge >= 0.3 is 0 Å². The quantitative estimate of drug-likeness (QED) is 0.518. The second-order valence-electron chi connectivity index (χ2n) is 5.99. The van der Waals surface area contributed by atoms with Gasteiger partial charge in [0.2, 0.25) is 0 Å². The van der Waals surface area contributed by atoms with E-state index in [4.69, 9.17) is 23.2 Å². The first-order valence-corrected chi connectivity index (χ1v) is 9.88. The lowest BCUT2D eigenvalue weighted by atomic mass is 10.1. The van der Waals surface area contributed by atoms with Crippen molar-refractivity contribution in [2.24, 2.45) is 0 Å². The molecule has 3 aromatic rings. The molecule has 0 aliphatic carbocycles. The molecule has 1 heterocycles. The standard InChI is InChI=1S/C20H18Cl2N2OS/c1-3-5-17-18(15-9-8-14(21)11-16(15)22)23-20(26-17)24-19(25)13-7-4-6-12(2)10-13/h4,6-11H,3,5H2,1-2H3,(H,23,24,25). The van der Waals surface area contributed by atoms with Crippen molar-refractivity contribution < 1.29 is 4.79 Å². The topological polar surface area (TPSA) is 42.0 Å². The summed E-state index contributed by atoms with van der Waals surface area (Å²) in [6.45, 7) is 4.07. The molecule has 0 fully saturated rings. The molecule has 2 aromatic carbocycles. The molecular weight excluding hydrogens is 387 g/mol. The molecule has 134 valence electrons. The van der Waals surface area contributed by atoms with Crippen LogP contribution in [0, 0.1) is 6.92 Å². The van der Waals surface area contributed by atoms with E-state index >= 15 is 0 Å². The highest BCUT2D eigenvalue weighted by atomic mass is 35.5. The van der Waals surface area contributed by atoms with E-state index in [0.29, 0.717) is 20.7 Å². The number of thiazole rings is 1. The number of halogens is 2. The number of carbonyl (C=O) groups excluding carboxylic acids is 1. The lowest BCUT2D eigenvalue weighted by molar-refractivity contribution is 0.102. The molecule has 1 aromatic heterocycles. The Balaban J connectivity index is 1.93. The van der Waals surface area contributed by atoms with Crippen molar-refractivity contribution in [3.05, 3.63) is 68.5 Å². The number of nitrogens with zero attached hydrogens (tertiary/aromatic N) is 1. The van der Waals surface area contributed by atoms with E-state index in [0.717, 1.165) is 34.5 Å². The third kappa shape index (κ3) is 4.26. The zero-order valence-electron chi connectivity index (χ0n) is 14.5. The molecule has 0 aliphatic heterocycles. The normalized spacial score (nSPS) is 10.8. The van der Waals surface area contributed by atoms with Gasteiger partial charge in [-0.25, -0.2) is 4.98 Å². The highest BCUT2D eigenvalue weighted by Crippen LogP contribution is 2.37. The monoisotopic (exact) mass is 404 g/mol. The average molecular weight is 405 g/mol. The maximum atomic E-state index is 12.5. The third-order valence-electron chi connectivity index (χ3n) is 3.86. The van der Waals surface area contributed by atoms with Crippen LogP contribution in [0.25, 0.3) is 11.3 Å². The number of carbonyl (C=O) groups is 1. The van der Waals surface area contributed by atoms with Gasteiger partial charge in [0.15, 0.2) is 5.13 Å². The summed E-state index contributed by atoms with van der Waals surface area (Å²) in [4.78, 5) is 18.2. The number of aromatic nitrogens is 1. The van der Waals surface area contributed by atoms with Crippen LogP contribution in [-0.2, 0) is 6.42 Å². The fourth-order valence-corrected chi connectivity index (χ4v) is 4.22. The summed E-state index contributed by atoms with van der Waals surface area (Å²) < 4.78 is 0. The Morgan fingerprint density at radius 3 is 2.69 bits per heavy atom. The largest absolute Gasteiger partial charge is 0.298 e. The summed E-state index contributed by atoms with van der Waals surface area (Å²) in [5.41, 5.74) is 3.28. The van der Waals surface area contributed by atoms with Crippen LogP contribution >= 0.6 is 34.5 Å². The molecule has 0 radical (unpaired) electrons. The predicted molar refractivity (Wildman–Crippen MR) is 111 cm³/mol. The first-order valence-electron chi connectivity index (χ1n) is 8.31. The van der Waals surface area contributed by atoms with Gasteiger partial charge in [-0.1, -0.05) is 54.2 Å². The van der Waals surface area contributed by atoms with Crippen molar-refractivity contribution in [2.45, 2.75) is 26.7 Å². The smallest absolute Gasteiger partial charge is 0.257 e. The van der Waals surface area contributed by atoms with E-state index < -0.39 is 0 Å². The molecule has 0 saturated carbocycles. The van der Waals surface area contributed by atoms with Gasteiger partial charge in [0.1, 0.15) is 0 Å². The van der Waals surface area contributed by atoms with E-state index in [1.165, 1.54) is 11.3 Å². The molecule has 1 amide bonds. The zero-order valence-corrected chi connectivity index (χ0v) is 16.8. The van der Waals surface area contributed by atoms with Crippen LogP contribution < -0.4 is 5.32 Å². The first kappa shape index (κ1) is 18.9. The number of aryl methyl sites for hydroxylation is 2. The van der Waals surface area contributed by atoms with Crippen LogP contribution in [0.3, 0.4) is 0 Å². The average Bonchev–Trinajstić information content (AvgIpc) is 2.97. The Morgan fingerprint density at radius 1 is 1.19 bits per heavy atom. The molecule has 1 N–H and O–H groups in total. The van der Waals surface area contributed by atoms with Crippen molar-refractivity contribution >= 4 is 45.6 Å². The Hall–Kier alpha value is -1.88. The highest BCUT2D eigenvalue weighted by Gasteiger charge is 2.17. The maximum Gasteiger partial charge on any atom is 0.257 e. The van der Waals surface area contributed by atoms with Crippen molar-refractivity contribution in [1.82, 2.24) is 4.98 Å². The van der Waals surface area contributed by atoms with Gasteiger partial charge in [-0.05, 0) is 43.7 Å². The minimum atomic E-state index is -0.167. The lowest BCUT2D eigenvalue weighted by Gasteiger charge is -2.04. The molecule has 3 nitrogen and oxygen atoms in total. The molecule has 6 heteroatoms. The number of hydrogen-bond acceptors (Lipinski definition) is 3. The van der Waals surface area contributed by atoms with Crippen LogP contribution in [0.4, 0.5) is 5.13 Å². The first-order chi connectivity index (χ1) is 12.5. The van der Waals surface area contributed by atoms with Crippen LogP contribution in [0.15, 0.2) is 42.5 Å². The van der Waals surface area contributed by atoms with Gasteiger partial charge < -0.3 is 0 Å². The van der Waals surface area contributed by atoms with Crippen LogP contribution in [-0.4, -0.2) is 10.9 Å². The predicted octanol–water partition coefficient (Wildman–Crippen LogP) is 6.63. The molecule has 0 atom stereocenters. The van der Waals surface area contributed by atoms with Crippen molar-refractivity contribution in [3.63, 3.8) is 0 Å². The Morgan fingerprint density at radius 2 is 2.00 bits per heavy atom.